The Hall–Kier alpha value is -3.74. The van der Waals surface area contributed by atoms with Crippen molar-refractivity contribution in [2.45, 2.75) is 32.9 Å². The van der Waals surface area contributed by atoms with Gasteiger partial charge in [0.05, 0.1) is 23.3 Å². The van der Waals surface area contributed by atoms with Gasteiger partial charge in [-0.25, -0.2) is 9.37 Å². The Kier molecular flexibility index (Phi) is 4.89. The second-order valence-corrected chi connectivity index (χ2v) is 8.18. The number of amides is 1. The first kappa shape index (κ1) is 20.2. The Morgan fingerprint density at radius 2 is 1.88 bits per heavy atom. The molecule has 2 aromatic carbocycles. The highest BCUT2D eigenvalue weighted by Crippen LogP contribution is 2.39. The zero-order chi connectivity index (χ0) is 22.4. The summed E-state index contributed by atoms with van der Waals surface area (Å²) in [6.45, 7) is 4.83. The van der Waals surface area contributed by atoms with Crippen molar-refractivity contribution in [3.05, 3.63) is 99.2 Å². The van der Waals surface area contributed by atoms with Crippen molar-refractivity contribution < 1.29 is 13.6 Å². The van der Waals surface area contributed by atoms with Crippen molar-refractivity contribution in [3.8, 4) is 0 Å². The molecule has 6 nitrogen and oxygen atoms in total. The van der Waals surface area contributed by atoms with Crippen LogP contribution in [0.4, 0.5) is 4.39 Å². The van der Waals surface area contributed by atoms with Crippen molar-refractivity contribution in [3.63, 3.8) is 0 Å². The first-order valence-electron chi connectivity index (χ1n) is 10.5. The third-order valence-corrected chi connectivity index (χ3v) is 6.16. The maximum atomic E-state index is 14.9. The van der Waals surface area contributed by atoms with E-state index in [0.717, 1.165) is 11.1 Å². The molecule has 0 fully saturated rings. The van der Waals surface area contributed by atoms with Crippen molar-refractivity contribution >= 4 is 16.9 Å². The van der Waals surface area contributed by atoms with Crippen LogP contribution >= 0.6 is 0 Å². The summed E-state index contributed by atoms with van der Waals surface area (Å²) < 4.78 is 22.8. The fraction of sp³-hybridized carbons (Fsp3) is 0.240. The van der Waals surface area contributed by atoms with Gasteiger partial charge in [0.15, 0.2) is 5.43 Å². The van der Waals surface area contributed by atoms with Crippen molar-refractivity contribution in [1.29, 1.82) is 0 Å². The van der Waals surface area contributed by atoms with Gasteiger partial charge in [-0.3, -0.25) is 9.59 Å². The van der Waals surface area contributed by atoms with Crippen LogP contribution in [0.25, 0.3) is 11.0 Å². The van der Waals surface area contributed by atoms with E-state index in [9.17, 15) is 14.0 Å². The number of benzene rings is 2. The van der Waals surface area contributed by atoms with Crippen LogP contribution in [0, 0.1) is 19.7 Å². The lowest BCUT2D eigenvalue weighted by molar-refractivity contribution is 0.0722. The molecule has 0 spiro atoms. The highest BCUT2D eigenvalue weighted by molar-refractivity contribution is 5.99. The Balaban J connectivity index is 1.64. The zero-order valence-electron chi connectivity index (χ0n) is 17.8. The minimum atomic E-state index is -0.830. The van der Waals surface area contributed by atoms with Gasteiger partial charge in [0, 0.05) is 31.0 Å². The molecule has 0 aliphatic carbocycles. The minimum absolute atomic E-state index is 0.00152. The minimum Gasteiger partial charge on any atom is -0.450 e. The van der Waals surface area contributed by atoms with Crippen molar-refractivity contribution in [2.24, 2.45) is 0 Å². The molecule has 0 radical (unpaired) electrons. The van der Waals surface area contributed by atoms with Gasteiger partial charge in [0.25, 0.3) is 5.91 Å². The highest BCUT2D eigenvalue weighted by Gasteiger charge is 2.43. The van der Waals surface area contributed by atoms with E-state index < -0.39 is 17.8 Å². The summed E-state index contributed by atoms with van der Waals surface area (Å²) >= 11 is 0. The smallest absolute Gasteiger partial charge is 0.290 e. The Bertz CT molecular complexity index is 1390. The van der Waals surface area contributed by atoms with E-state index in [4.69, 9.17) is 4.42 Å². The van der Waals surface area contributed by atoms with Gasteiger partial charge < -0.3 is 13.9 Å². The molecule has 0 N–H and O–H groups in total. The molecular weight excluding hydrogens is 409 g/mol. The lowest BCUT2D eigenvalue weighted by Crippen LogP contribution is -2.31. The van der Waals surface area contributed by atoms with Crippen LogP contribution in [-0.4, -0.2) is 26.9 Å². The SMILES string of the molecule is Cc1cc2oc3c(c(=O)c2cc1C)[C@H](c1ccccc1F)N(CCCn1ccnc1)C3=O. The number of rotatable bonds is 5. The number of aromatic nitrogens is 2. The molecule has 5 rings (SSSR count). The van der Waals surface area contributed by atoms with Gasteiger partial charge in [-0.1, -0.05) is 18.2 Å². The van der Waals surface area contributed by atoms with Crippen molar-refractivity contribution in [2.75, 3.05) is 6.54 Å². The van der Waals surface area contributed by atoms with Gasteiger partial charge in [0.2, 0.25) is 5.76 Å². The van der Waals surface area contributed by atoms with Crippen LogP contribution in [0.2, 0.25) is 0 Å². The Morgan fingerprint density at radius 3 is 2.62 bits per heavy atom. The summed E-state index contributed by atoms with van der Waals surface area (Å²) in [6, 6.07) is 8.99. The molecule has 4 aromatic rings. The average Bonchev–Trinajstić information content (AvgIpc) is 3.38. The highest BCUT2D eigenvalue weighted by atomic mass is 19.1. The number of fused-ring (bicyclic) bond motifs is 2. The van der Waals surface area contributed by atoms with Crippen LogP contribution in [0.15, 0.2) is 64.3 Å². The van der Waals surface area contributed by atoms with Crippen LogP contribution in [0.5, 0.6) is 0 Å². The van der Waals surface area contributed by atoms with E-state index in [1.807, 2.05) is 24.6 Å². The molecule has 0 unspecified atom stereocenters. The summed E-state index contributed by atoms with van der Waals surface area (Å²) in [5.41, 5.74) is 2.50. The topological polar surface area (TPSA) is 68.3 Å². The molecule has 0 saturated carbocycles. The quantitative estimate of drug-likeness (QED) is 0.470. The summed E-state index contributed by atoms with van der Waals surface area (Å²) in [5, 5.41) is 0.404. The van der Waals surface area contributed by atoms with E-state index in [0.29, 0.717) is 30.5 Å². The van der Waals surface area contributed by atoms with E-state index in [-0.39, 0.29) is 22.3 Å². The van der Waals surface area contributed by atoms with Gasteiger partial charge >= 0.3 is 0 Å². The average molecular weight is 431 g/mol. The largest absolute Gasteiger partial charge is 0.450 e. The molecule has 7 heteroatoms. The monoisotopic (exact) mass is 431 g/mol. The summed E-state index contributed by atoms with van der Waals surface area (Å²) in [4.78, 5) is 32.5. The molecule has 1 aliphatic heterocycles. The lowest BCUT2D eigenvalue weighted by Gasteiger charge is -2.25. The molecule has 32 heavy (non-hydrogen) atoms. The fourth-order valence-corrected chi connectivity index (χ4v) is 4.37. The summed E-state index contributed by atoms with van der Waals surface area (Å²) in [6.07, 6.45) is 5.86. The first-order chi connectivity index (χ1) is 15.5. The molecule has 162 valence electrons. The summed E-state index contributed by atoms with van der Waals surface area (Å²) in [7, 11) is 0. The predicted octanol–water partition coefficient (Wildman–Crippen LogP) is 4.38. The fourth-order valence-electron chi connectivity index (χ4n) is 4.37. The number of aryl methyl sites for hydroxylation is 3. The molecule has 1 aliphatic rings. The number of halogens is 1. The van der Waals surface area contributed by atoms with Crippen molar-refractivity contribution in [1.82, 2.24) is 14.5 Å². The normalized spacial score (nSPS) is 15.5. The maximum absolute atomic E-state index is 14.9. The number of nitrogens with zero attached hydrogens (tertiary/aromatic N) is 3. The third kappa shape index (κ3) is 3.21. The second kappa shape index (κ2) is 7.75. The lowest BCUT2D eigenvalue weighted by atomic mass is 9.97. The van der Waals surface area contributed by atoms with Crippen LogP contribution < -0.4 is 5.43 Å². The molecule has 0 saturated heterocycles. The second-order valence-electron chi connectivity index (χ2n) is 8.18. The van der Waals surface area contributed by atoms with Gasteiger partial charge in [0.1, 0.15) is 11.4 Å². The standard InChI is InChI=1S/C25H22FN3O3/c1-15-12-18-20(13-16(15)2)32-24-21(23(18)30)22(17-6-3-4-7-19(17)26)29(25(24)31)10-5-9-28-11-8-27-14-28/h3-4,6-8,11-14,22H,5,9-10H2,1-2H3/t22-/m0/s1. The van der Waals surface area contributed by atoms with Crippen LogP contribution in [-0.2, 0) is 6.54 Å². The maximum Gasteiger partial charge on any atom is 0.290 e. The van der Waals surface area contributed by atoms with Gasteiger partial charge in [-0.2, -0.15) is 0 Å². The van der Waals surface area contributed by atoms with Gasteiger partial charge in [-0.05, 0) is 49.6 Å². The van der Waals surface area contributed by atoms with Crippen LogP contribution in [0.3, 0.4) is 0 Å². The molecule has 1 atom stereocenters. The van der Waals surface area contributed by atoms with E-state index in [1.165, 1.54) is 6.07 Å². The summed E-state index contributed by atoms with van der Waals surface area (Å²) in [5.74, 6) is -0.852. The molecule has 0 bridgehead atoms. The number of carbonyl (C=O) groups is 1. The zero-order valence-corrected chi connectivity index (χ0v) is 17.8. The molecule has 1 amide bonds. The molecular formula is C25H22FN3O3. The van der Waals surface area contributed by atoms with E-state index >= 15 is 0 Å². The first-order valence-corrected chi connectivity index (χ1v) is 10.5. The Morgan fingerprint density at radius 1 is 1.09 bits per heavy atom. The molecule has 3 heterocycles. The Labute approximate surface area is 183 Å². The van der Waals surface area contributed by atoms with E-state index in [1.54, 1.807) is 47.8 Å². The third-order valence-electron chi connectivity index (χ3n) is 6.16. The number of carbonyl (C=O) groups excluding carboxylic acids is 1. The number of imidazole rings is 1. The molecule has 2 aromatic heterocycles. The number of hydrogen-bond donors (Lipinski definition) is 0. The van der Waals surface area contributed by atoms with Gasteiger partial charge in [-0.15, -0.1) is 0 Å². The number of hydrogen-bond acceptors (Lipinski definition) is 4. The van der Waals surface area contributed by atoms with E-state index in [2.05, 4.69) is 4.98 Å². The van der Waals surface area contributed by atoms with Crippen LogP contribution in [0.1, 0.15) is 45.3 Å². The predicted molar refractivity (Wildman–Crippen MR) is 118 cm³/mol.